The topological polar surface area (TPSA) is 60.8 Å². The van der Waals surface area contributed by atoms with Gasteiger partial charge in [0, 0.05) is 6.42 Å². The average molecular weight is 323 g/mol. The Bertz CT molecular complexity index is 756. The second kappa shape index (κ2) is 5.27. The van der Waals surface area contributed by atoms with Gasteiger partial charge in [-0.2, -0.15) is 13.2 Å². The van der Waals surface area contributed by atoms with Crippen LogP contribution in [0.4, 0.5) is 18.9 Å². The number of hydrogen-bond donors (Lipinski definition) is 2. The second-order valence-corrected chi connectivity index (χ2v) is 5.32. The Kier molecular flexibility index (Phi) is 3.52. The Morgan fingerprint density at radius 1 is 1.09 bits per heavy atom. The number of nitrogens with zero attached hydrogens (tertiary/aromatic N) is 1. The molecular weight excluding hydrogens is 311 g/mol. The molecule has 2 N–H and O–H groups in total. The molecule has 0 saturated carbocycles. The zero-order chi connectivity index (χ0) is 16.8. The second-order valence-electron chi connectivity index (χ2n) is 5.32. The summed E-state index contributed by atoms with van der Waals surface area (Å²) in [5, 5.41) is 19.6. The molecule has 1 aliphatic heterocycles. The molecule has 2 aromatic carbocycles. The van der Waals surface area contributed by atoms with Crippen molar-refractivity contribution in [3.05, 3.63) is 53.6 Å². The van der Waals surface area contributed by atoms with Gasteiger partial charge in [-0.15, -0.1) is 0 Å². The highest BCUT2D eigenvalue weighted by Crippen LogP contribution is 2.35. The highest BCUT2D eigenvalue weighted by molar-refractivity contribution is 5.82. The van der Waals surface area contributed by atoms with Gasteiger partial charge in [-0.05, 0) is 41.0 Å². The molecule has 0 amide bonds. The van der Waals surface area contributed by atoms with Crippen LogP contribution in [0, 0.1) is 0 Å². The van der Waals surface area contributed by atoms with E-state index in [1.807, 2.05) is 0 Å². The van der Waals surface area contributed by atoms with E-state index >= 15 is 0 Å². The minimum atomic E-state index is -4.39. The van der Waals surface area contributed by atoms with Crippen LogP contribution in [0.3, 0.4) is 0 Å². The van der Waals surface area contributed by atoms with Gasteiger partial charge in [-0.25, -0.2) is 9.86 Å². The Morgan fingerprint density at radius 3 is 2.26 bits per heavy atom. The fourth-order valence-electron chi connectivity index (χ4n) is 2.66. The third-order valence-corrected chi connectivity index (χ3v) is 3.87. The van der Waals surface area contributed by atoms with Gasteiger partial charge < -0.3 is 5.11 Å². The van der Waals surface area contributed by atoms with Gasteiger partial charge in [0.15, 0.2) is 6.04 Å². The number of alkyl halides is 3. The van der Waals surface area contributed by atoms with Crippen LogP contribution < -0.4 is 5.06 Å². The fourth-order valence-corrected chi connectivity index (χ4v) is 2.66. The maximum atomic E-state index is 12.6. The number of carbonyl (C=O) groups is 1. The molecule has 1 unspecified atom stereocenters. The molecule has 1 heterocycles. The van der Waals surface area contributed by atoms with Crippen LogP contribution in [-0.4, -0.2) is 22.3 Å². The van der Waals surface area contributed by atoms with E-state index in [1.165, 1.54) is 12.1 Å². The van der Waals surface area contributed by atoms with Crippen LogP contribution in [0.15, 0.2) is 42.5 Å². The molecule has 1 aliphatic rings. The number of carboxylic acids is 1. The molecule has 0 radical (unpaired) electrons. The van der Waals surface area contributed by atoms with Crippen LogP contribution in [0.1, 0.15) is 11.1 Å². The van der Waals surface area contributed by atoms with Crippen LogP contribution in [0.5, 0.6) is 0 Å². The van der Waals surface area contributed by atoms with Gasteiger partial charge in [0.05, 0.1) is 11.3 Å². The molecule has 3 rings (SSSR count). The van der Waals surface area contributed by atoms with Crippen LogP contribution in [-0.2, 0) is 17.4 Å². The summed E-state index contributed by atoms with van der Waals surface area (Å²) in [5.41, 5.74) is 1.56. The summed E-state index contributed by atoms with van der Waals surface area (Å²) < 4.78 is 37.7. The number of hydroxylamine groups is 1. The number of hydrogen-bond acceptors (Lipinski definition) is 3. The lowest BCUT2D eigenvalue weighted by Crippen LogP contribution is -2.35. The van der Waals surface area contributed by atoms with Crippen LogP contribution in [0.25, 0.3) is 11.1 Å². The summed E-state index contributed by atoms with van der Waals surface area (Å²) in [7, 11) is 0. The smallest absolute Gasteiger partial charge is 0.416 e. The Labute approximate surface area is 129 Å². The summed E-state index contributed by atoms with van der Waals surface area (Å²) in [4.78, 5) is 11.1. The normalized spacial score (nSPS) is 17.2. The molecule has 0 aliphatic carbocycles. The van der Waals surface area contributed by atoms with Crippen molar-refractivity contribution in [3.63, 3.8) is 0 Å². The molecule has 0 saturated heterocycles. The predicted octanol–water partition coefficient (Wildman–Crippen LogP) is 3.58. The van der Waals surface area contributed by atoms with Gasteiger partial charge in [0.25, 0.3) is 0 Å². The van der Waals surface area contributed by atoms with E-state index in [1.54, 1.807) is 18.2 Å². The molecule has 2 aromatic rings. The van der Waals surface area contributed by atoms with Crippen molar-refractivity contribution in [1.29, 1.82) is 0 Å². The summed E-state index contributed by atoms with van der Waals surface area (Å²) >= 11 is 0. The number of anilines is 1. The first kappa shape index (κ1) is 15.4. The standard InChI is InChI=1S/C16H12F3NO3/c17-16(18,19)12-4-1-9(2-5-12)10-3-6-13-11(7-10)8-14(15(21)22)20(13)23/h1-7,14,23H,8H2,(H,21,22). The summed E-state index contributed by atoms with van der Waals surface area (Å²) in [6, 6.07) is 8.56. The lowest BCUT2D eigenvalue weighted by molar-refractivity contribution is -0.140. The Hall–Kier alpha value is -2.54. The van der Waals surface area contributed by atoms with Crippen LogP contribution in [0.2, 0.25) is 0 Å². The van der Waals surface area contributed by atoms with Crippen LogP contribution >= 0.6 is 0 Å². The summed E-state index contributed by atoms with van der Waals surface area (Å²) in [6.07, 6.45) is -4.25. The average Bonchev–Trinajstić information content (AvgIpc) is 2.83. The van der Waals surface area contributed by atoms with Crippen molar-refractivity contribution in [1.82, 2.24) is 0 Å². The third kappa shape index (κ3) is 2.75. The summed E-state index contributed by atoms with van der Waals surface area (Å²) in [5.74, 6) is -1.14. The first-order chi connectivity index (χ1) is 10.8. The first-order valence-corrected chi connectivity index (χ1v) is 6.79. The monoisotopic (exact) mass is 323 g/mol. The number of fused-ring (bicyclic) bond motifs is 1. The number of halogens is 3. The minimum absolute atomic E-state index is 0.135. The molecule has 120 valence electrons. The molecule has 1 atom stereocenters. The summed E-state index contributed by atoms with van der Waals surface area (Å²) in [6.45, 7) is 0. The molecule has 0 bridgehead atoms. The zero-order valence-electron chi connectivity index (χ0n) is 11.7. The quantitative estimate of drug-likeness (QED) is 0.887. The van der Waals surface area contributed by atoms with Gasteiger partial charge >= 0.3 is 12.1 Å². The largest absolute Gasteiger partial charge is 0.480 e. The van der Waals surface area contributed by atoms with Gasteiger partial charge in [0.2, 0.25) is 0 Å². The fraction of sp³-hybridized carbons (Fsp3) is 0.188. The minimum Gasteiger partial charge on any atom is -0.480 e. The van der Waals surface area contributed by atoms with E-state index < -0.39 is 23.8 Å². The van der Waals surface area contributed by atoms with Crippen molar-refractivity contribution in [2.45, 2.75) is 18.6 Å². The molecule has 4 nitrogen and oxygen atoms in total. The van der Waals surface area contributed by atoms with Gasteiger partial charge in [0.1, 0.15) is 0 Å². The molecule has 7 heteroatoms. The van der Waals surface area contributed by atoms with Crippen molar-refractivity contribution in [2.75, 3.05) is 5.06 Å². The van der Waals surface area contributed by atoms with E-state index in [4.69, 9.17) is 5.11 Å². The molecule has 0 fully saturated rings. The SMILES string of the molecule is O=C(O)C1Cc2cc(-c3ccc(C(F)(F)F)cc3)ccc2N1O. The lowest BCUT2D eigenvalue weighted by Gasteiger charge is -2.16. The highest BCUT2D eigenvalue weighted by Gasteiger charge is 2.34. The highest BCUT2D eigenvalue weighted by atomic mass is 19.4. The van der Waals surface area contributed by atoms with E-state index in [2.05, 4.69) is 0 Å². The maximum absolute atomic E-state index is 12.6. The zero-order valence-corrected chi connectivity index (χ0v) is 11.7. The first-order valence-electron chi connectivity index (χ1n) is 6.79. The Balaban J connectivity index is 1.92. The maximum Gasteiger partial charge on any atom is 0.416 e. The Morgan fingerprint density at radius 2 is 1.70 bits per heavy atom. The van der Waals surface area contributed by atoms with E-state index in [9.17, 15) is 23.2 Å². The van der Waals surface area contributed by atoms with Crippen molar-refractivity contribution in [2.24, 2.45) is 0 Å². The molecule has 0 spiro atoms. The van der Waals surface area contributed by atoms with E-state index in [-0.39, 0.29) is 6.42 Å². The number of aliphatic carboxylic acids is 1. The lowest BCUT2D eigenvalue weighted by atomic mass is 10.00. The van der Waals surface area contributed by atoms with Crippen molar-refractivity contribution >= 4 is 11.7 Å². The van der Waals surface area contributed by atoms with E-state index in [0.29, 0.717) is 27.4 Å². The third-order valence-electron chi connectivity index (χ3n) is 3.87. The number of carboxylic acid groups (broad SMARTS) is 1. The predicted molar refractivity (Wildman–Crippen MR) is 76.3 cm³/mol. The molecule has 0 aromatic heterocycles. The number of benzene rings is 2. The molecular formula is C16H12F3NO3. The van der Waals surface area contributed by atoms with Gasteiger partial charge in [-0.1, -0.05) is 18.2 Å². The van der Waals surface area contributed by atoms with Crippen molar-refractivity contribution in [3.8, 4) is 11.1 Å². The van der Waals surface area contributed by atoms with E-state index in [0.717, 1.165) is 12.1 Å². The number of rotatable bonds is 2. The molecule has 23 heavy (non-hydrogen) atoms. The van der Waals surface area contributed by atoms with Crippen molar-refractivity contribution < 1.29 is 28.3 Å². The van der Waals surface area contributed by atoms with Gasteiger partial charge in [-0.3, -0.25) is 5.21 Å².